The lowest BCUT2D eigenvalue weighted by molar-refractivity contribution is 0.301. The highest BCUT2D eigenvalue weighted by atomic mass is 32.2. The lowest BCUT2D eigenvalue weighted by atomic mass is 10.3. The predicted molar refractivity (Wildman–Crippen MR) is 55.9 cm³/mol. The Labute approximate surface area is 86.4 Å². The molecular formula is C10H14O3S. The minimum atomic E-state index is -1.97. The van der Waals surface area contributed by atoms with Crippen LogP contribution in [-0.4, -0.2) is 15.4 Å². The summed E-state index contributed by atoms with van der Waals surface area (Å²) in [4.78, 5) is 0.337. The first kappa shape index (κ1) is 11.2. The van der Waals surface area contributed by atoms with Gasteiger partial charge in [0.1, 0.15) is 10.6 Å². The molecule has 0 fully saturated rings. The summed E-state index contributed by atoms with van der Waals surface area (Å²) in [5.41, 5.74) is 0. The van der Waals surface area contributed by atoms with E-state index >= 15 is 0 Å². The number of unbranched alkanes of at least 4 members (excludes halogenated alkanes) is 1. The van der Waals surface area contributed by atoms with Crippen molar-refractivity contribution in [2.24, 2.45) is 0 Å². The Bertz CT molecular complexity index is 312. The smallest absolute Gasteiger partial charge is 0.190 e. The predicted octanol–water partition coefficient (Wildman–Crippen LogP) is 2.45. The number of benzene rings is 1. The fourth-order valence-electron chi connectivity index (χ4n) is 1.04. The number of hydrogen-bond donors (Lipinski definition) is 1. The van der Waals surface area contributed by atoms with E-state index in [2.05, 4.69) is 6.92 Å². The van der Waals surface area contributed by atoms with E-state index in [1.54, 1.807) is 24.3 Å². The highest BCUT2D eigenvalue weighted by molar-refractivity contribution is 7.79. The van der Waals surface area contributed by atoms with Crippen molar-refractivity contribution in [2.45, 2.75) is 24.7 Å². The maximum atomic E-state index is 10.9. The third-order valence-electron chi connectivity index (χ3n) is 1.79. The summed E-state index contributed by atoms with van der Waals surface area (Å²) in [5, 5.41) is 0. The second kappa shape index (κ2) is 5.78. The van der Waals surface area contributed by atoms with E-state index in [4.69, 9.17) is 9.29 Å². The van der Waals surface area contributed by atoms with Crippen LogP contribution in [0, 0.1) is 0 Å². The average Bonchev–Trinajstić information content (AvgIpc) is 2.19. The van der Waals surface area contributed by atoms with Crippen LogP contribution in [-0.2, 0) is 11.1 Å². The number of rotatable bonds is 5. The van der Waals surface area contributed by atoms with E-state index in [-0.39, 0.29) is 0 Å². The quantitative estimate of drug-likeness (QED) is 0.605. The fraction of sp³-hybridized carbons (Fsp3) is 0.400. The monoisotopic (exact) mass is 214 g/mol. The summed E-state index contributed by atoms with van der Waals surface area (Å²) in [5.74, 6) is 0.502. The van der Waals surface area contributed by atoms with Gasteiger partial charge in [0.2, 0.25) is 0 Å². The molecule has 0 aliphatic carbocycles. The van der Waals surface area contributed by atoms with E-state index in [0.29, 0.717) is 17.3 Å². The van der Waals surface area contributed by atoms with Crippen LogP contribution in [0.3, 0.4) is 0 Å². The second-order valence-corrected chi connectivity index (χ2v) is 3.84. The summed E-state index contributed by atoms with van der Waals surface area (Å²) in [6, 6.07) is 6.81. The lowest BCUT2D eigenvalue weighted by Gasteiger charge is -2.07. The molecule has 0 aliphatic rings. The number of ether oxygens (including phenoxy) is 1. The van der Waals surface area contributed by atoms with Gasteiger partial charge in [0.25, 0.3) is 0 Å². The van der Waals surface area contributed by atoms with Gasteiger partial charge in [0.05, 0.1) is 6.61 Å². The Morgan fingerprint density at radius 2 is 2.14 bits per heavy atom. The molecule has 3 nitrogen and oxygen atoms in total. The van der Waals surface area contributed by atoms with Gasteiger partial charge in [0.15, 0.2) is 11.1 Å². The Balaban J connectivity index is 2.69. The van der Waals surface area contributed by atoms with Gasteiger partial charge < -0.3 is 9.29 Å². The molecule has 1 atom stereocenters. The molecule has 78 valence electrons. The topological polar surface area (TPSA) is 46.5 Å². The molecule has 1 N–H and O–H groups in total. The van der Waals surface area contributed by atoms with Gasteiger partial charge in [0, 0.05) is 0 Å². The van der Waals surface area contributed by atoms with Crippen LogP contribution in [0.15, 0.2) is 29.2 Å². The molecule has 0 spiro atoms. The SMILES string of the molecule is CCCCOc1ccccc1S(=O)O. The molecule has 1 aromatic carbocycles. The van der Waals surface area contributed by atoms with Gasteiger partial charge in [-0.3, -0.25) is 0 Å². The van der Waals surface area contributed by atoms with Crippen molar-refractivity contribution < 1.29 is 13.5 Å². The summed E-state index contributed by atoms with van der Waals surface area (Å²) >= 11 is -1.97. The zero-order chi connectivity index (χ0) is 10.4. The van der Waals surface area contributed by atoms with Crippen LogP contribution >= 0.6 is 0 Å². The van der Waals surface area contributed by atoms with Crippen molar-refractivity contribution in [2.75, 3.05) is 6.61 Å². The van der Waals surface area contributed by atoms with Crippen LogP contribution in [0.4, 0.5) is 0 Å². The lowest BCUT2D eigenvalue weighted by Crippen LogP contribution is -2.00. The summed E-state index contributed by atoms with van der Waals surface area (Å²) in [6.45, 7) is 2.66. The van der Waals surface area contributed by atoms with E-state index in [1.807, 2.05) is 0 Å². The minimum Gasteiger partial charge on any atom is -0.492 e. The molecule has 4 heteroatoms. The van der Waals surface area contributed by atoms with E-state index in [0.717, 1.165) is 12.8 Å². The van der Waals surface area contributed by atoms with Crippen molar-refractivity contribution in [1.29, 1.82) is 0 Å². The zero-order valence-corrected chi connectivity index (χ0v) is 8.92. The Morgan fingerprint density at radius 1 is 1.43 bits per heavy atom. The third kappa shape index (κ3) is 3.12. The molecule has 0 saturated carbocycles. The summed E-state index contributed by atoms with van der Waals surface area (Å²) in [7, 11) is 0. The molecule has 0 radical (unpaired) electrons. The first-order valence-electron chi connectivity index (χ1n) is 4.58. The molecule has 0 amide bonds. The van der Waals surface area contributed by atoms with Crippen molar-refractivity contribution in [3.05, 3.63) is 24.3 Å². The highest BCUT2D eigenvalue weighted by Crippen LogP contribution is 2.20. The third-order valence-corrected chi connectivity index (χ3v) is 2.51. The van der Waals surface area contributed by atoms with E-state index < -0.39 is 11.1 Å². The standard InChI is InChI=1S/C10H14O3S/c1-2-3-8-13-9-6-4-5-7-10(9)14(11)12/h4-7H,2-3,8H2,1H3,(H,11,12). The summed E-state index contributed by atoms with van der Waals surface area (Å²) < 4.78 is 25.2. The van der Waals surface area contributed by atoms with Gasteiger partial charge in [-0.1, -0.05) is 25.5 Å². The van der Waals surface area contributed by atoms with Gasteiger partial charge in [-0.15, -0.1) is 0 Å². The molecule has 0 aliphatic heterocycles. The van der Waals surface area contributed by atoms with Crippen molar-refractivity contribution in [3.8, 4) is 5.75 Å². The normalized spacial score (nSPS) is 12.4. The molecule has 0 bridgehead atoms. The highest BCUT2D eigenvalue weighted by Gasteiger charge is 2.07. The van der Waals surface area contributed by atoms with E-state index in [9.17, 15) is 4.21 Å². The van der Waals surface area contributed by atoms with Crippen molar-refractivity contribution in [3.63, 3.8) is 0 Å². The van der Waals surface area contributed by atoms with Gasteiger partial charge in [-0.05, 0) is 18.6 Å². The second-order valence-electron chi connectivity index (χ2n) is 2.90. The first-order valence-corrected chi connectivity index (χ1v) is 5.69. The number of para-hydroxylation sites is 1. The largest absolute Gasteiger partial charge is 0.492 e. The fourth-order valence-corrected chi connectivity index (χ4v) is 1.53. The Kier molecular flexibility index (Phi) is 4.62. The molecule has 14 heavy (non-hydrogen) atoms. The van der Waals surface area contributed by atoms with Gasteiger partial charge >= 0.3 is 0 Å². The molecular weight excluding hydrogens is 200 g/mol. The molecule has 1 rings (SSSR count). The van der Waals surface area contributed by atoms with Crippen LogP contribution in [0.2, 0.25) is 0 Å². The molecule has 0 heterocycles. The van der Waals surface area contributed by atoms with E-state index in [1.165, 1.54) is 0 Å². The maximum Gasteiger partial charge on any atom is 0.190 e. The first-order chi connectivity index (χ1) is 6.75. The van der Waals surface area contributed by atoms with Gasteiger partial charge in [-0.2, -0.15) is 0 Å². The van der Waals surface area contributed by atoms with Crippen LogP contribution in [0.1, 0.15) is 19.8 Å². The van der Waals surface area contributed by atoms with Crippen molar-refractivity contribution in [1.82, 2.24) is 0 Å². The van der Waals surface area contributed by atoms with Gasteiger partial charge in [-0.25, -0.2) is 4.21 Å². The Morgan fingerprint density at radius 3 is 2.79 bits per heavy atom. The molecule has 0 aromatic heterocycles. The molecule has 1 aromatic rings. The molecule has 0 saturated heterocycles. The van der Waals surface area contributed by atoms with Crippen LogP contribution in [0.5, 0.6) is 5.75 Å². The maximum absolute atomic E-state index is 10.9. The Hall–Kier alpha value is -0.870. The van der Waals surface area contributed by atoms with Crippen LogP contribution in [0.25, 0.3) is 0 Å². The van der Waals surface area contributed by atoms with Crippen LogP contribution < -0.4 is 4.74 Å². The average molecular weight is 214 g/mol. The van der Waals surface area contributed by atoms with Crippen molar-refractivity contribution >= 4 is 11.1 Å². The zero-order valence-electron chi connectivity index (χ0n) is 8.10. The minimum absolute atomic E-state index is 0.337. The molecule has 1 unspecified atom stereocenters. The number of hydrogen-bond acceptors (Lipinski definition) is 2. The summed E-state index contributed by atoms with van der Waals surface area (Å²) in [6.07, 6.45) is 2.00.